The van der Waals surface area contributed by atoms with Gasteiger partial charge in [-0.15, -0.1) is 0 Å². The van der Waals surface area contributed by atoms with Gasteiger partial charge in [0.1, 0.15) is 0 Å². The Labute approximate surface area is 105 Å². The first-order valence-corrected chi connectivity index (χ1v) is 6.61. The van der Waals surface area contributed by atoms with Crippen LogP contribution in [0.15, 0.2) is 24.3 Å². The van der Waals surface area contributed by atoms with Crippen LogP contribution in [0.4, 0.5) is 0 Å². The van der Waals surface area contributed by atoms with E-state index in [0.29, 0.717) is 6.10 Å². The van der Waals surface area contributed by atoms with Crippen molar-refractivity contribution in [2.24, 2.45) is 0 Å². The minimum atomic E-state index is 0.359. The maximum absolute atomic E-state index is 5.87. The Morgan fingerprint density at radius 1 is 1.24 bits per heavy atom. The summed E-state index contributed by atoms with van der Waals surface area (Å²) in [5, 5.41) is 3.19. The molecule has 0 amide bonds. The summed E-state index contributed by atoms with van der Waals surface area (Å²) in [5.41, 5.74) is 2.72. The van der Waals surface area contributed by atoms with Crippen molar-refractivity contribution in [2.75, 3.05) is 13.6 Å². The quantitative estimate of drug-likeness (QED) is 0.747. The van der Waals surface area contributed by atoms with Gasteiger partial charge in [-0.3, -0.25) is 0 Å². The number of hydrogen-bond donors (Lipinski definition) is 1. The predicted octanol–water partition coefficient (Wildman–Crippen LogP) is 3.15. The Morgan fingerprint density at radius 2 is 1.94 bits per heavy atom. The van der Waals surface area contributed by atoms with Crippen molar-refractivity contribution in [1.82, 2.24) is 5.32 Å². The molecule has 0 aliphatic heterocycles. The Balaban J connectivity index is 2.51. The SMILES string of the molecule is CCCC(C)OCc1ccccc1CCNC. The van der Waals surface area contributed by atoms with Gasteiger partial charge in [-0.05, 0) is 44.5 Å². The van der Waals surface area contributed by atoms with Gasteiger partial charge in [-0.1, -0.05) is 37.6 Å². The van der Waals surface area contributed by atoms with Gasteiger partial charge in [-0.2, -0.15) is 0 Å². The Hall–Kier alpha value is -0.860. The van der Waals surface area contributed by atoms with E-state index in [0.717, 1.165) is 26.0 Å². The normalized spacial score (nSPS) is 12.6. The second-order valence-corrected chi connectivity index (χ2v) is 4.53. The maximum atomic E-state index is 5.87. The second kappa shape index (κ2) is 8.26. The zero-order valence-electron chi connectivity index (χ0n) is 11.3. The topological polar surface area (TPSA) is 21.3 Å². The highest BCUT2D eigenvalue weighted by Gasteiger charge is 2.04. The van der Waals surface area contributed by atoms with E-state index in [2.05, 4.69) is 43.4 Å². The molecule has 0 heterocycles. The molecule has 0 saturated heterocycles. The fourth-order valence-electron chi connectivity index (χ4n) is 1.92. The molecular formula is C15H25NO. The molecule has 0 radical (unpaired) electrons. The molecule has 96 valence electrons. The fraction of sp³-hybridized carbons (Fsp3) is 0.600. The number of rotatable bonds is 8. The average molecular weight is 235 g/mol. The van der Waals surface area contributed by atoms with Crippen LogP contribution in [-0.2, 0) is 17.8 Å². The number of ether oxygens (including phenoxy) is 1. The van der Waals surface area contributed by atoms with Crippen molar-refractivity contribution >= 4 is 0 Å². The molecule has 2 nitrogen and oxygen atoms in total. The molecule has 0 saturated carbocycles. The van der Waals surface area contributed by atoms with Crippen LogP contribution >= 0.6 is 0 Å². The van der Waals surface area contributed by atoms with Crippen LogP contribution in [0.25, 0.3) is 0 Å². The Bertz CT molecular complexity index is 312. The summed E-state index contributed by atoms with van der Waals surface area (Å²) in [6.45, 7) is 6.10. The lowest BCUT2D eigenvalue weighted by atomic mass is 10.1. The third-order valence-corrected chi connectivity index (χ3v) is 2.98. The van der Waals surface area contributed by atoms with E-state index in [9.17, 15) is 0 Å². The number of nitrogens with one attached hydrogen (secondary N) is 1. The first-order chi connectivity index (χ1) is 8.27. The minimum Gasteiger partial charge on any atom is -0.374 e. The Morgan fingerprint density at radius 3 is 2.59 bits per heavy atom. The molecule has 1 N–H and O–H groups in total. The van der Waals surface area contributed by atoms with Gasteiger partial charge in [0.25, 0.3) is 0 Å². The third-order valence-electron chi connectivity index (χ3n) is 2.98. The lowest BCUT2D eigenvalue weighted by Gasteiger charge is -2.14. The summed E-state index contributed by atoms with van der Waals surface area (Å²) in [6.07, 6.45) is 3.75. The van der Waals surface area contributed by atoms with Crippen LogP contribution in [0, 0.1) is 0 Å². The van der Waals surface area contributed by atoms with E-state index in [1.807, 2.05) is 7.05 Å². The lowest BCUT2D eigenvalue weighted by Crippen LogP contribution is -2.13. The zero-order chi connectivity index (χ0) is 12.5. The highest BCUT2D eigenvalue weighted by molar-refractivity contribution is 5.26. The summed E-state index contributed by atoms with van der Waals surface area (Å²) in [7, 11) is 1.99. The lowest BCUT2D eigenvalue weighted by molar-refractivity contribution is 0.0468. The van der Waals surface area contributed by atoms with E-state index in [1.54, 1.807) is 0 Å². The van der Waals surface area contributed by atoms with Gasteiger partial charge in [0.05, 0.1) is 12.7 Å². The highest BCUT2D eigenvalue weighted by Crippen LogP contribution is 2.13. The summed E-state index contributed by atoms with van der Waals surface area (Å²) >= 11 is 0. The summed E-state index contributed by atoms with van der Waals surface area (Å²) < 4.78 is 5.87. The van der Waals surface area contributed by atoms with Gasteiger partial charge < -0.3 is 10.1 Å². The molecule has 1 aromatic carbocycles. The molecule has 0 bridgehead atoms. The molecule has 17 heavy (non-hydrogen) atoms. The first-order valence-electron chi connectivity index (χ1n) is 6.61. The van der Waals surface area contributed by atoms with Crippen molar-refractivity contribution < 1.29 is 4.74 Å². The van der Waals surface area contributed by atoms with Crippen molar-refractivity contribution in [3.05, 3.63) is 35.4 Å². The van der Waals surface area contributed by atoms with Gasteiger partial charge in [0.2, 0.25) is 0 Å². The van der Waals surface area contributed by atoms with Crippen LogP contribution in [0.2, 0.25) is 0 Å². The first kappa shape index (κ1) is 14.2. The van der Waals surface area contributed by atoms with E-state index >= 15 is 0 Å². The molecule has 1 unspecified atom stereocenters. The monoisotopic (exact) mass is 235 g/mol. The van der Waals surface area contributed by atoms with Crippen LogP contribution in [0.5, 0.6) is 0 Å². The highest BCUT2D eigenvalue weighted by atomic mass is 16.5. The number of likely N-dealkylation sites (N-methyl/N-ethyl adjacent to an activating group) is 1. The molecular weight excluding hydrogens is 210 g/mol. The van der Waals surface area contributed by atoms with Crippen molar-refractivity contribution in [2.45, 2.75) is 45.8 Å². The van der Waals surface area contributed by atoms with E-state index in [-0.39, 0.29) is 0 Å². The van der Waals surface area contributed by atoms with Crippen LogP contribution in [0.1, 0.15) is 37.8 Å². The molecule has 0 aliphatic carbocycles. The Kier molecular flexibility index (Phi) is 6.90. The number of benzene rings is 1. The smallest absolute Gasteiger partial charge is 0.0723 e. The molecule has 1 rings (SSSR count). The molecule has 0 aliphatic rings. The van der Waals surface area contributed by atoms with Gasteiger partial charge in [-0.25, -0.2) is 0 Å². The average Bonchev–Trinajstić information content (AvgIpc) is 2.35. The van der Waals surface area contributed by atoms with Gasteiger partial charge >= 0.3 is 0 Å². The molecule has 1 aromatic rings. The number of hydrogen-bond acceptors (Lipinski definition) is 2. The summed E-state index contributed by atoms with van der Waals surface area (Å²) in [6, 6.07) is 8.56. The molecule has 1 atom stereocenters. The third kappa shape index (κ3) is 5.33. The fourth-order valence-corrected chi connectivity index (χ4v) is 1.92. The van der Waals surface area contributed by atoms with Gasteiger partial charge in [0.15, 0.2) is 0 Å². The van der Waals surface area contributed by atoms with E-state index in [4.69, 9.17) is 4.74 Å². The summed E-state index contributed by atoms with van der Waals surface area (Å²) in [4.78, 5) is 0. The minimum absolute atomic E-state index is 0.359. The molecule has 0 fully saturated rings. The van der Waals surface area contributed by atoms with E-state index in [1.165, 1.54) is 17.5 Å². The van der Waals surface area contributed by atoms with Crippen LogP contribution in [-0.4, -0.2) is 19.7 Å². The van der Waals surface area contributed by atoms with E-state index < -0.39 is 0 Å². The van der Waals surface area contributed by atoms with Crippen molar-refractivity contribution in [3.63, 3.8) is 0 Å². The zero-order valence-corrected chi connectivity index (χ0v) is 11.3. The molecule has 0 spiro atoms. The van der Waals surface area contributed by atoms with Crippen LogP contribution in [0.3, 0.4) is 0 Å². The predicted molar refractivity (Wildman–Crippen MR) is 73.2 cm³/mol. The molecule has 0 aromatic heterocycles. The van der Waals surface area contributed by atoms with Crippen molar-refractivity contribution in [3.8, 4) is 0 Å². The largest absolute Gasteiger partial charge is 0.374 e. The molecule has 2 heteroatoms. The standard InChI is InChI=1S/C15H25NO/c1-4-7-13(2)17-12-15-9-6-5-8-14(15)10-11-16-3/h5-6,8-9,13,16H,4,7,10-12H2,1-3H3. The van der Waals surface area contributed by atoms with Gasteiger partial charge in [0, 0.05) is 0 Å². The van der Waals surface area contributed by atoms with Crippen molar-refractivity contribution in [1.29, 1.82) is 0 Å². The maximum Gasteiger partial charge on any atom is 0.0723 e. The van der Waals surface area contributed by atoms with Crippen LogP contribution < -0.4 is 5.32 Å². The second-order valence-electron chi connectivity index (χ2n) is 4.53. The summed E-state index contributed by atoms with van der Waals surface area (Å²) in [5.74, 6) is 0.